The third-order valence-corrected chi connectivity index (χ3v) is 5.97. The Balaban J connectivity index is 1.35. The Kier molecular flexibility index (Phi) is 5.47. The lowest BCUT2D eigenvalue weighted by Gasteiger charge is -2.22. The quantitative estimate of drug-likeness (QED) is 0.828. The third-order valence-electron chi connectivity index (χ3n) is 4.95. The van der Waals surface area contributed by atoms with Crippen LogP contribution in [-0.4, -0.2) is 54.0 Å². The molecule has 1 saturated heterocycles. The molecule has 2 heterocycles. The van der Waals surface area contributed by atoms with Gasteiger partial charge in [-0.15, -0.1) is 11.3 Å². The Labute approximate surface area is 168 Å². The highest BCUT2D eigenvalue weighted by Gasteiger charge is 2.24. The molecule has 8 heteroatoms. The lowest BCUT2D eigenvalue weighted by atomic mass is 10.2. The SMILES string of the molecule is Cc1csc(N2CCCN(C(=O)Nc3cccc(C(=O)NC4CC4)c3)CC2)n1. The molecule has 2 fully saturated rings. The molecule has 1 aromatic heterocycles. The number of carbonyl (C=O) groups excluding carboxylic acids is 2. The maximum atomic E-state index is 12.7. The molecule has 7 nitrogen and oxygen atoms in total. The van der Waals surface area contributed by atoms with Crippen LogP contribution in [0.3, 0.4) is 0 Å². The molecule has 3 amide bonds. The van der Waals surface area contributed by atoms with Crippen LogP contribution in [0.15, 0.2) is 29.6 Å². The predicted octanol–water partition coefficient (Wildman–Crippen LogP) is 3.09. The zero-order valence-corrected chi connectivity index (χ0v) is 16.8. The van der Waals surface area contributed by atoms with Gasteiger partial charge in [-0.25, -0.2) is 9.78 Å². The summed E-state index contributed by atoms with van der Waals surface area (Å²) in [4.78, 5) is 33.6. The molecule has 0 bridgehead atoms. The van der Waals surface area contributed by atoms with E-state index in [2.05, 4.69) is 25.9 Å². The Morgan fingerprint density at radius 2 is 2.04 bits per heavy atom. The van der Waals surface area contributed by atoms with Crippen LogP contribution in [-0.2, 0) is 0 Å². The largest absolute Gasteiger partial charge is 0.349 e. The van der Waals surface area contributed by atoms with Gasteiger partial charge in [0.25, 0.3) is 5.91 Å². The van der Waals surface area contributed by atoms with Gasteiger partial charge < -0.3 is 20.4 Å². The van der Waals surface area contributed by atoms with E-state index in [0.29, 0.717) is 30.4 Å². The number of aromatic nitrogens is 1. The van der Waals surface area contributed by atoms with Gasteiger partial charge in [0.05, 0.1) is 5.69 Å². The number of hydrogen-bond acceptors (Lipinski definition) is 5. The van der Waals surface area contributed by atoms with E-state index in [1.807, 2.05) is 17.9 Å². The molecule has 1 aromatic carbocycles. The van der Waals surface area contributed by atoms with Crippen molar-refractivity contribution >= 4 is 34.1 Å². The van der Waals surface area contributed by atoms with Gasteiger partial charge in [0, 0.05) is 48.9 Å². The summed E-state index contributed by atoms with van der Waals surface area (Å²) < 4.78 is 0. The zero-order valence-electron chi connectivity index (χ0n) is 16.0. The van der Waals surface area contributed by atoms with E-state index in [0.717, 1.165) is 43.2 Å². The first-order chi connectivity index (χ1) is 13.6. The van der Waals surface area contributed by atoms with Gasteiger partial charge in [-0.3, -0.25) is 4.79 Å². The van der Waals surface area contributed by atoms with Gasteiger partial charge in [0.2, 0.25) is 0 Å². The molecule has 148 valence electrons. The van der Waals surface area contributed by atoms with Crippen LogP contribution in [0.5, 0.6) is 0 Å². The van der Waals surface area contributed by atoms with Crippen molar-refractivity contribution < 1.29 is 9.59 Å². The number of rotatable bonds is 4. The van der Waals surface area contributed by atoms with Gasteiger partial charge in [-0.2, -0.15) is 0 Å². The van der Waals surface area contributed by atoms with E-state index in [1.165, 1.54) is 0 Å². The molecule has 28 heavy (non-hydrogen) atoms. The summed E-state index contributed by atoms with van der Waals surface area (Å²) in [5.41, 5.74) is 2.25. The number of nitrogens with one attached hydrogen (secondary N) is 2. The molecule has 2 aliphatic rings. The zero-order chi connectivity index (χ0) is 19.5. The van der Waals surface area contributed by atoms with Crippen LogP contribution < -0.4 is 15.5 Å². The summed E-state index contributed by atoms with van der Waals surface area (Å²) in [7, 11) is 0. The first kappa shape index (κ1) is 18.7. The molecule has 0 radical (unpaired) electrons. The fourth-order valence-electron chi connectivity index (χ4n) is 3.24. The fraction of sp³-hybridized carbons (Fsp3) is 0.450. The molecule has 1 aliphatic carbocycles. The van der Waals surface area contributed by atoms with Gasteiger partial charge >= 0.3 is 6.03 Å². The van der Waals surface area contributed by atoms with Gasteiger partial charge in [0.15, 0.2) is 5.13 Å². The van der Waals surface area contributed by atoms with E-state index in [1.54, 1.807) is 29.5 Å². The first-order valence-electron chi connectivity index (χ1n) is 9.72. The summed E-state index contributed by atoms with van der Waals surface area (Å²) in [6.07, 6.45) is 3.00. The topological polar surface area (TPSA) is 77.6 Å². The second kappa shape index (κ2) is 8.18. The minimum absolute atomic E-state index is 0.0808. The molecule has 1 aliphatic heterocycles. The second-order valence-electron chi connectivity index (χ2n) is 7.36. The number of carbonyl (C=O) groups is 2. The van der Waals surface area contributed by atoms with Crippen molar-refractivity contribution in [1.29, 1.82) is 0 Å². The van der Waals surface area contributed by atoms with Gasteiger partial charge in [-0.05, 0) is 44.4 Å². The Morgan fingerprint density at radius 1 is 1.18 bits per heavy atom. The molecular formula is C20H25N5O2S. The summed E-state index contributed by atoms with van der Waals surface area (Å²) in [6.45, 7) is 5.01. The van der Waals surface area contributed by atoms with Crippen LogP contribution in [0.2, 0.25) is 0 Å². The third kappa shape index (κ3) is 4.62. The summed E-state index contributed by atoms with van der Waals surface area (Å²) in [6, 6.07) is 7.30. The molecule has 2 N–H and O–H groups in total. The Morgan fingerprint density at radius 3 is 2.79 bits per heavy atom. The lowest BCUT2D eigenvalue weighted by Crippen LogP contribution is -2.38. The number of amides is 3. The number of hydrogen-bond donors (Lipinski definition) is 2. The van der Waals surface area contributed by atoms with E-state index in [9.17, 15) is 9.59 Å². The number of nitrogens with zero attached hydrogens (tertiary/aromatic N) is 3. The molecule has 0 unspecified atom stereocenters. The van der Waals surface area contributed by atoms with E-state index < -0.39 is 0 Å². The number of anilines is 2. The average molecular weight is 400 g/mol. The fourth-order valence-corrected chi connectivity index (χ4v) is 4.09. The van der Waals surface area contributed by atoms with Crippen molar-refractivity contribution in [2.45, 2.75) is 32.2 Å². The maximum absolute atomic E-state index is 12.7. The highest BCUT2D eigenvalue weighted by molar-refractivity contribution is 7.13. The van der Waals surface area contributed by atoms with Crippen LogP contribution in [0.25, 0.3) is 0 Å². The summed E-state index contributed by atoms with van der Waals surface area (Å²) in [5.74, 6) is -0.0808. The van der Waals surface area contributed by atoms with Crippen molar-refractivity contribution in [2.75, 3.05) is 36.4 Å². The highest BCUT2D eigenvalue weighted by Crippen LogP contribution is 2.22. The van der Waals surface area contributed by atoms with Crippen molar-refractivity contribution in [3.8, 4) is 0 Å². The number of aryl methyl sites for hydroxylation is 1. The average Bonchev–Trinajstić information content (AvgIpc) is 3.45. The summed E-state index contributed by atoms with van der Waals surface area (Å²) in [5, 5.41) is 8.98. The molecule has 4 rings (SSSR count). The van der Waals surface area contributed by atoms with E-state index >= 15 is 0 Å². The van der Waals surface area contributed by atoms with Crippen LogP contribution in [0, 0.1) is 6.92 Å². The normalized spacial score (nSPS) is 17.2. The molecule has 2 aromatic rings. The first-order valence-corrected chi connectivity index (χ1v) is 10.6. The maximum Gasteiger partial charge on any atom is 0.321 e. The smallest absolute Gasteiger partial charge is 0.321 e. The molecule has 1 saturated carbocycles. The van der Waals surface area contributed by atoms with Crippen LogP contribution in [0.4, 0.5) is 15.6 Å². The second-order valence-corrected chi connectivity index (χ2v) is 8.19. The highest BCUT2D eigenvalue weighted by atomic mass is 32.1. The number of thiazole rings is 1. The molecule has 0 spiro atoms. The summed E-state index contributed by atoms with van der Waals surface area (Å²) >= 11 is 1.65. The number of benzene rings is 1. The van der Waals surface area contributed by atoms with Crippen molar-refractivity contribution in [3.63, 3.8) is 0 Å². The molecule has 0 atom stereocenters. The van der Waals surface area contributed by atoms with E-state index in [-0.39, 0.29) is 11.9 Å². The van der Waals surface area contributed by atoms with Gasteiger partial charge in [-0.1, -0.05) is 6.07 Å². The number of urea groups is 1. The minimum Gasteiger partial charge on any atom is -0.349 e. The Bertz CT molecular complexity index is 864. The van der Waals surface area contributed by atoms with Crippen molar-refractivity contribution in [3.05, 3.63) is 40.9 Å². The van der Waals surface area contributed by atoms with Crippen LogP contribution in [0.1, 0.15) is 35.3 Å². The Hall–Kier alpha value is -2.61. The van der Waals surface area contributed by atoms with E-state index in [4.69, 9.17) is 0 Å². The minimum atomic E-state index is -0.128. The van der Waals surface area contributed by atoms with Crippen molar-refractivity contribution in [1.82, 2.24) is 15.2 Å². The van der Waals surface area contributed by atoms with Crippen molar-refractivity contribution in [2.24, 2.45) is 0 Å². The van der Waals surface area contributed by atoms with Gasteiger partial charge in [0.1, 0.15) is 0 Å². The monoisotopic (exact) mass is 399 g/mol. The molecular weight excluding hydrogens is 374 g/mol. The van der Waals surface area contributed by atoms with Crippen LogP contribution >= 0.6 is 11.3 Å². The standard InChI is InChI=1S/C20H25N5O2S/c1-14-13-28-20(21-14)25-9-3-8-24(10-11-25)19(27)23-17-5-2-4-15(12-17)18(26)22-16-6-7-16/h2,4-5,12-13,16H,3,6-11H2,1H3,(H,22,26)(H,23,27). The lowest BCUT2D eigenvalue weighted by molar-refractivity contribution is 0.0951. The predicted molar refractivity (Wildman–Crippen MR) is 111 cm³/mol.